The van der Waals surface area contributed by atoms with E-state index in [0.29, 0.717) is 31.0 Å². The molecule has 0 atom stereocenters. The fraction of sp³-hybridized carbons (Fsp3) is 0.200. The van der Waals surface area contributed by atoms with E-state index in [1.165, 1.54) is 23.5 Å². The van der Waals surface area contributed by atoms with E-state index in [4.69, 9.17) is 23.2 Å². The van der Waals surface area contributed by atoms with Gasteiger partial charge in [-0.1, -0.05) is 46.7 Å². The lowest BCUT2D eigenvalue weighted by Crippen LogP contribution is -2.05. The van der Waals surface area contributed by atoms with Crippen LogP contribution in [0, 0.1) is 27.7 Å². The molecule has 0 radical (unpaired) electrons. The standard InChI is InChI=1S/C20H14Cl2O2S2/c1-7-5-11(21)9(3)13-15(23)19(25-17(7)13)20-16(24)14-10(4)12(22)6-8(2)18(14)26-20/h5-6H,1-4H3. The van der Waals surface area contributed by atoms with Gasteiger partial charge in [-0.3, -0.25) is 9.59 Å². The Morgan fingerprint density at radius 2 is 1.04 bits per heavy atom. The minimum Gasteiger partial charge on any atom is -0.288 e. The molecule has 0 N–H and O–H groups in total. The molecule has 0 bridgehead atoms. The highest BCUT2D eigenvalue weighted by Crippen LogP contribution is 2.53. The summed E-state index contributed by atoms with van der Waals surface area (Å²) < 4.78 is 0. The quantitative estimate of drug-likeness (QED) is 0.443. The van der Waals surface area contributed by atoms with Gasteiger partial charge in [0.25, 0.3) is 0 Å². The molecular weight excluding hydrogens is 407 g/mol. The Balaban J connectivity index is 1.91. The molecule has 6 heteroatoms. The summed E-state index contributed by atoms with van der Waals surface area (Å²) in [7, 11) is 0. The SMILES string of the molecule is Cc1cc(Cl)c(C)c2c1SC(=C1Sc3c(C)cc(Cl)c(C)c3C1=O)C2=O. The summed E-state index contributed by atoms with van der Waals surface area (Å²) in [5, 5.41) is 1.15. The van der Waals surface area contributed by atoms with Crippen LogP contribution in [-0.4, -0.2) is 11.6 Å². The molecule has 0 aliphatic carbocycles. The summed E-state index contributed by atoms with van der Waals surface area (Å²) in [4.78, 5) is 29.0. The van der Waals surface area contributed by atoms with Crippen molar-refractivity contribution in [2.45, 2.75) is 37.5 Å². The van der Waals surface area contributed by atoms with Crippen molar-refractivity contribution in [2.24, 2.45) is 0 Å². The number of benzene rings is 2. The lowest BCUT2D eigenvalue weighted by molar-refractivity contribution is 0.101. The lowest BCUT2D eigenvalue weighted by atomic mass is 9.99. The van der Waals surface area contributed by atoms with Crippen LogP contribution in [0.5, 0.6) is 0 Å². The maximum Gasteiger partial charge on any atom is 0.202 e. The summed E-state index contributed by atoms with van der Waals surface area (Å²) in [6.07, 6.45) is 0. The van der Waals surface area contributed by atoms with Gasteiger partial charge in [0.05, 0.1) is 9.81 Å². The molecule has 0 fully saturated rings. The third-order valence-electron chi connectivity index (χ3n) is 4.80. The highest BCUT2D eigenvalue weighted by atomic mass is 35.5. The largest absolute Gasteiger partial charge is 0.288 e. The van der Waals surface area contributed by atoms with Gasteiger partial charge in [-0.25, -0.2) is 0 Å². The second kappa shape index (κ2) is 6.16. The number of halogens is 2. The zero-order valence-corrected chi connectivity index (χ0v) is 17.7. The molecule has 2 aliphatic rings. The first-order valence-electron chi connectivity index (χ1n) is 8.01. The molecule has 2 aromatic carbocycles. The molecule has 26 heavy (non-hydrogen) atoms. The van der Waals surface area contributed by atoms with Crippen LogP contribution in [0.15, 0.2) is 31.7 Å². The van der Waals surface area contributed by atoms with Gasteiger partial charge in [-0.05, 0) is 62.1 Å². The van der Waals surface area contributed by atoms with Gasteiger partial charge >= 0.3 is 0 Å². The Morgan fingerprint density at radius 1 is 0.692 bits per heavy atom. The predicted octanol–water partition coefficient (Wildman–Crippen LogP) is 6.72. The Bertz CT molecular complexity index is 999. The molecule has 0 spiro atoms. The molecule has 2 aromatic rings. The second-order valence-corrected chi connectivity index (χ2v) is 9.39. The minimum atomic E-state index is -0.113. The molecule has 0 aromatic heterocycles. The van der Waals surface area contributed by atoms with Crippen molar-refractivity contribution in [1.29, 1.82) is 0 Å². The van der Waals surface area contributed by atoms with Gasteiger partial charge in [0, 0.05) is 31.0 Å². The first-order valence-corrected chi connectivity index (χ1v) is 10.4. The van der Waals surface area contributed by atoms with Crippen LogP contribution >= 0.6 is 46.7 Å². The maximum absolute atomic E-state index is 13.1. The number of ketones is 2. The number of rotatable bonds is 0. The van der Waals surface area contributed by atoms with Crippen LogP contribution in [0.3, 0.4) is 0 Å². The number of Topliss-reactive ketones (excluding diaryl/α,β-unsaturated/α-hetero) is 2. The van der Waals surface area contributed by atoms with Crippen molar-refractivity contribution in [3.05, 3.63) is 65.4 Å². The van der Waals surface area contributed by atoms with E-state index in [9.17, 15) is 9.59 Å². The number of carbonyl (C=O) groups excluding carboxylic acids is 2. The highest BCUT2D eigenvalue weighted by molar-refractivity contribution is 8.08. The van der Waals surface area contributed by atoms with Crippen molar-refractivity contribution in [3.63, 3.8) is 0 Å². The van der Waals surface area contributed by atoms with Crippen LogP contribution in [0.25, 0.3) is 0 Å². The van der Waals surface area contributed by atoms with Crippen molar-refractivity contribution >= 4 is 58.3 Å². The van der Waals surface area contributed by atoms with E-state index in [0.717, 1.165) is 32.0 Å². The molecular formula is C20H14Cl2O2S2. The van der Waals surface area contributed by atoms with Crippen LogP contribution < -0.4 is 0 Å². The zero-order valence-electron chi connectivity index (χ0n) is 14.5. The van der Waals surface area contributed by atoms with E-state index in [1.54, 1.807) is 0 Å². The Hall–Kier alpha value is -1.20. The molecule has 2 aliphatic heterocycles. The predicted molar refractivity (Wildman–Crippen MR) is 109 cm³/mol. The number of carbonyl (C=O) groups is 2. The van der Waals surface area contributed by atoms with Crippen molar-refractivity contribution < 1.29 is 9.59 Å². The van der Waals surface area contributed by atoms with Gasteiger partial charge in [0.2, 0.25) is 11.6 Å². The highest BCUT2D eigenvalue weighted by Gasteiger charge is 2.39. The average molecular weight is 421 g/mol. The molecule has 0 unspecified atom stereocenters. The first kappa shape index (κ1) is 18.2. The summed E-state index contributed by atoms with van der Waals surface area (Å²) in [5.74, 6) is -0.226. The van der Waals surface area contributed by atoms with Crippen LogP contribution in [0.2, 0.25) is 10.0 Å². The number of thioether (sulfide) groups is 2. The molecule has 4 rings (SSSR count). The van der Waals surface area contributed by atoms with E-state index in [2.05, 4.69) is 0 Å². The van der Waals surface area contributed by atoms with Crippen molar-refractivity contribution in [2.75, 3.05) is 0 Å². The Labute approximate surface area is 170 Å². The van der Waals surface area contributed by atoms with Gasteiger partial charge < -0.3 is 0 Å². The molecule has 2 heterocycles. The number of hydrogen-bond donors (Lipinski definition) is 0. The van der Waals surface area contributed by atoms with E-state index in [-0.39, 0.29) is 11.6 Å². The molecule has 0 saturated carbocycles. The van der Waals surface area contributed by atoms with Crippen LogP contribution in [-0.2, 0) is 0 Å². The van der Waals surface area contributed by atoms with Gasteiger partial charge in [0.15, 0.2) is 0 Å². The van der Waals surface area contributed by atoms with Crippen molar-refractivity contribution in [1.82, 2.24) is 0 Å². The average Bonchev–Trinajstić information content (AvgIpc) is 3.09. The smallest absolute Gasteiger partial charge is 0.202 e. The third-order valence-corrected chi connectivity index (χ3v) is 8.37. The third kappa shape index (κ3) is 2.43. The maximum atomic E-state index is 13.1. The zero-order chi connectivity index (χ0) is 18.9. The Morgan fingerprint density at radius 3 is 1.38 bits per heavy atom. The fourth-order valence-corrected chi connectivity index (χ4v) is 6.40. The minimum absolute atomic E-state index is 0.113. The molecule has 2 nitrogen and oxygen atoms in total. The van der Waals surface area contributed by atoms with E-state index >= 15 is 0 Å². The number of fused-ring (bicyclic) bond motifs is 2. The number of allylic oxidation sites excluding steroid dienone is 2. The normalized spacial score (nSPS) is 18.5. The van der Waals surface area contributed by atoms with Gasteiger partial charge in [0.1, 0.15) is 0 Å². The second-order valence-electron chi connectivity index (χ2n) is 6.53. The molecule has 0 amide bonds. The van der Waals surface area contributed by atoms with E-state index < -0.39 is 0 Å². The molecule has 132 valence electrons. The Kier molecular flexibility index (Phi) is 4.31. The van der Waals surface area contributed by atoms with Crippen LogP contribution in [0.1, 0.15) is 43.0 Å². The summed E-state index contributed by atoms with van der Waals surface area (Å²) in [6, 6.07) is 3.74. The number of hydrogen-bond acceptors (Lipinski definition) is 4. The summed E-state index contributed by atoms with van der Waals surface area (Å²) >= 11 is 15.3. The monoisotopic (exact) mass is 420 g/mol. The topological polar surface area (TPSA) is 34.1 Å². The summed E-state index contributed by atoms with van der Waals surface area (Å²) in [5.41, 5.74) is 4.69. The fourth-order valence-electron chi connectivity index (χ4n) is 3.33. The molecule has 0 saturated heterocycles. The first-order chi connectivity index (χ1) is 12.2. The van der Waals surface area contributed by atoms with E-state index in [1.807, 2.05) is 39.8 Å². The van der Waals surface area contributed by atoms with Crippen molar-refractivity contribution in [3.8, 4) is 0 Å². The van der Waals surface area contributed by atoms with Gasteiger partial charge in [-0.15, -0.1) is 0 Å². The summed E-state index contributed by atoms with van der Waals surface area (Å²) in [6.45, 7) is 7.56. The number of aryl methyl sites for hydroxylation is 2. The van der Waals surface area contributed by atoms with Crippen LogP contribution in [0.4, 0.5) is 0 Å². The lowest BCUT2D eigenvalue weighted by Gasteiger charge is -2.06. The van der Waals surface area contributed by atoms with Gasteiger partial charge in [-0.2, -0.15) is 0 Å².